The van der Waals surface area contributed by atoms with Gasteiger partial charge in [0.15, 0.2) is 0 Å². The molecular weight excluding hydrogens is 306 g/mol. The fourth-order valence-electron chi connectivity index (χ4n) is 2.32. The Kier molecular flexibility index (Phi) is 5.51. The van der Waals surface area contributed by atoms with Crippen molar-refractivity contribution in [1.29, 1.82) is 0 Å². The highest BCUT2D eigenvalue weighted by Gasteiger charge is 2.26. The van der Waals surface area contributed by atoms with E-state index in [0.717, 1.165) is 16.8 Å². The molecule has 1 heterocycles. The van der Waals surface area contributed by atoms with Gasteiger partial charge in [0.25, 0.3) is 0 Å². The summed E-state index contributed by atoms with van der Waals surface area (Å²) in [5.74, 6) is 0.415. The third-order valence-corrected chi connectivity index (χ3v) is 3.93. The highest BCUT2D eigenvalue weighted by molar-refractivity contribution is 5.74. The van der Waals surface area contributed by atoms with Gasteiger partial charge in [-0.1, -0.05) is 6.07 Å². The fraction of sp³-hybridized carbons (Fsp3) is 0.389. The van der Waals surface area contributed by atoms with Crippen molar-refractivity contribution in [1.82, 2.24) is 10.6 Å². The summed E-state index contributed by atoms with van der Waals surface area (Å²) in [5, 5.41) is 15.8. The third-order valence-electron chi connectivity index (χ3n) is 3.93. The molecule has 1 aromatic carbocycles. The summed E-state index contributed by atoms with van der Waals surface area (Å²) in [6.07, 6.45) is 1.49. The Labute approximate surface area is 142 Å². The van der Waals surface area contributed by atoms with Crippen LogP contribution < -0.4 is 15.5 Å². The summed E-state index contributed by atoms with van der Waals surface area (Å²) in [6, 6.07) is 9.14. The van der Waals surface area contributed by atoms with Crippen LogP contribution in [-0.4, -0.2) is 31.8 Å². The van der Waals surface area contributed by atoms with Gasteiger partial charge in [0.2, 0.25) is 0 Å². The zero-order chi connectivity index (χ0) is 17.7. The van der Waals surface area contributed by atoms with E-state index in [4.69, 9.17) is 4.42 Å². The van der Waals surface area contributed by atoms with Gasteiger partial charge >= 0.3 is 6.03 Å². The molecule has 3 N–H and O–H groups in total. The van der Waals surface area contributed by atoms with E-state index in [9.17, 15) is 9.90 Å². The molecule has 1 unspecified atom stereocenters. The predicted octanol–water partition coefficient (Wildman–Crippen LogP) is 2.36. The number of anilines is 1. The number of amides is 2. The summed E-state index contributed by atoms with van der Waals surface area (Å²) < 4.78 is 5.18. The van der Waals surface area contributed by atoms with Crippen LogP contribution in [0.1, 0.15) is 23.8 Å². The molecule has 0 radical (unpaired) electrons. The SMILES string of the molecule is Cc1cc(N(C)C)ccc1CNC(=O)NCC(C)(O)c1ccco1. The first-order valence-corrected chi connectivity index (χ1v) is 7.84. The minimum Gasteiger partial charge on any atom is -0.466 e. The van der Waals surface area contributed by atoms with E-state index in [-0.39, 0.29) is 12.6 Å². The summed E-state index contributed by atoms with van der Waals surface area (Å²) in [6.45, 7) is 4.10. The van der Waals surface area contributed by atoms with Gasteiger partial charge < -0.3 is 25.1 Å². The van der Waals surface area contributed by atoms with Gasteiger partial charge in [0.1, 0.15) is 11.4 Å². The van der Waals surface area contributed by atoms with Gasteiger partial charge in [0.05, 0.1) is 12.8 Å². The van der Waals surface area contributed by atoms with E-state index < -0.39 is 5.60 Å². The van der Waals surface area contributed by atoms with Gasteiger partial charge in [-0.3, -0.25) is 0 Å². The minimum absolute atomic E-state index is 0.0604. The minimum atomic E-state index is -1.25. The number of benzene rings is 1. The van der Waals surface area contributed by atoms with Gasteiger partial charge in [-0.15, -0.1) is 0 Å². The maximum Gasteiger partial charge on any atom is 0.315 e. The van der Waals surface area contributed by atoms with Crippen LogP contribution in [0.4, 0.5) is 10.5 Å². The number of nitrogens with one attached hydrogen (secondary N) is 2. The predicted molar refractivity (Wildman–Crippen MR) is 94.0 cm³/mol. The number of rotatable bonds is 6. The molecule has 1 aromatic heterocycles. The number of aryl methyl sites for hydroxylation is 1. The van der Waals surface area contributed by atoms with Crippen molar-refractivity contribution >= 4 is 11.7 Å². The van der Waals surface area contributed by atoms with Crippen LogP contribution in [0, 0.1) is 6.92 Å². The molecule has 0 aliphatic carbocycles. The maximum absolute atomic E-state index is 11.9. The Hall–Kier alpha value is -2.47. The van der Waals surface area contributed by atoms with Crippen molar-refractivity contribution < 1.29 is 14.3 Å². The molecule has 24 heavy (non-hydrogen) atoms. The van der Waals surface area contributed by atoms with E-state index in [1.54, 1.807) is 19.1 Å². The maximum atomic E-state index is 11.9. The molecule has 2 amide bonds. The summed E-state index contributed by atoms with van der Waals surface area (Å²) in [5.41, 5.74) is 2.04. The molecule has 1 atom stereocenters. The zero-order valence-electron chi connectivity index (χ0n) is 14.6. The largest absolute Gasteiger partial charge is 0.466 e. The van der Waals surface area contributed by atoms with E-state index >= 15 is 0 Å². The fourth-order valence-corrected chi connectivity index (χ4v) is 2.32. The van der Waals surface area contributed by atoms with Crippen LogP contribution in [0.25, 0.3) is 0 Å². The first-order chi connectivity index (χ1) is 11.3. The monoisotopic (exact) mass is 331 g/mol. The van der Waals surface area contributed by atoms with Crippen LogP contribution in [0.3, 0.4) is 0 Å². The Morgan fingerprint density at radius 2 is 2.04 bits per heavy atom. The van der Waals surface area contributed by atoms with E-state index in [1.807, 2.05) is 38.1 Å². The molecule has 2 rings (SSSR count). The third kappa shape index (κ3) is 4.52. The zero-order valence-corrected chi connectivity index (χ0v) is 14.6. The van der Waals surface area contributed by atoms with Gasteiger partial charge in [-0.2, -0.15) is 0 Å². The number of aliphatic hydroxyl groups is 1. The Bertz CT molecular complexity index is 679. The second-order valence-electron chi connectivity index (χ2n) is 6.29. The number of nitrogens with zero attached hydrogens (tertiary/aromatic N) is 1. The van der Waals surface area contributed by atoms with Crippen molar-refractivity contribution in [2.45, 2.75) is 26.0 Å². The molecule has 6 nitrogen and oxygen atoms in total. The summed E-state index contributed by atoms with van der Waals surface area (Å²) >= 11 is 0. The van der Waals surface area contributed by atoms with E-state index in [1.165, 1.54) is 6.26 Å². The standard InChI is InChI=1S/C18H25N3O3/c1-13-10-15(21(3)4)8-7-14(13)11-19-17(22)20-12-18(2,23)16-6-5-9-24-16/h5-10,23H,11-12H2,1-4H3,(H2,19,20,22). The van der Waals surface area contributed by atoms with Crippen LogP contribution in [0.5, 0.6) is 0 Å². The summed E-state index contributed by atoms with van der Waals surface area (Å²) in [4.78, 5) is 14.0. The number of carbonyl (C=O) groups excluding carboxylic acids is 1. The lowest BCUT2D eigenvalue weighted by molar-refractivity contribution is 0.0367. The summed E-state index contributed by atoms with van der Waals surface area (Å²) in [7, 11) is 3.98. The average molecular weight is 331 g/mol. The lowest BCUT2D eigenvalue weighted by atomic mass is 10.0. The molecular formula is C18H25N3O3. The molecule has 130 valence electrons. The number of carbonyl (C=O) groups is 1. The molecule has 0 aliphatic heterocycles. The lowest BCUT2D eigenvalue weighted by Gasteiger charge is -2.21. The first-order valence-electron chi connectivity index (χ1n) is 7.84. The highest BCUT2D eigenvalue weighted by atomic mass is 16.4. The molecule has 0 saturated heterocycles. The normalized spacial score (nSPS) is 13.2. The average Bonchev–Trinajstić information content (AvgIpc) is 3.07. The number of furan rings is 1. The second-order valence-corrected chi connectivity index (χ2v) is 6.29. The smallest absolute Gasteiger partial charge is 0.315 e. The quantitative estimate of drug-likeness (QED) is 0.759. The van der Waals surface area contributed by atoms with Crippen LogP contribution >= 0.6 is 0 Å². The Balaban J connectivity index is 1.85. The molecule has 6 heteroatoms. The van der Waals surface area contributed by atoms with Gasteiger partial charge in [-0.05, 0) is 49.2 Å². The first kappa shape index (κ1) is 17.9. The van der Waals surface area contributed by atoms with Crippen molar-refractivity contribution in [2.24, 2.45) is 0 Å². The van der Waals surface area contributed by atoms with Crippen LogP contribution in [0.2, 0.25) is 0 Å². The molecule has 0 fully saturated rings. The van der Waals surface area contributed by atoms with Crippen molar-refractivity contribution in [3.63, 3.8) is 0 Å². The Morgan fingerprint density at radius 1 is 1.29 bits per heavy atom. The van der Waals surface area contributed by atoms with E-state index in [2.05, 4.69) is 16.7 Å². The van der Waals surface area contributed by atoms with E-state index in [0.29, 0.717) is 12.3 Å². The van der Waals surface area contributed by atoms with Crippen molar-refractivity contribution in [3.8, 4) is 0 Å². The van der Waals surface area contributed by atoms with Crippen LogP contribution in [0.15, 0.2) is 41.0 Å². The second kappa shape index (κ2) is 7.40. The molecule has 0 spiro atoms. The number of hydrogen-bond acceptors (Lipinski definition) is 4. The number of hydrogen-bond donors (Lipinski definition) is 3. The van der Waals surface area contributed by atoms with Crippen molar-refractivity contribution in [2.75, 3.05) is 25.5 Å². The van der Waals surface area contributed by atoms with Crippen LogP contribution in [-0.2, 0) is 12.1 Å². The molecule has 2 aromatic rings. The highest BCUT2D eigenvalue weighted by Crippen LogP contribution is 2.20. The number of urea groups is 1. The molecule has 0 bridgehead atoms. The van der Waals surface area contributed by atoms with Gasteiger partial charge in [0, 0.05) is 26.3 Å². The topological polar surface area (TPSA) is 77.7 Å². The van der Waals surface area contributed by atoms with Crippen molar-refractivity contribution in [3.05, 3.63) is 53.5 Å². The molecule has 0 aliphatic rings. The molecule has 0 saturated carbocycles. The lowest BCUT2D eigenvalue weighted by Crippen LogP contribution is -2.43. The Morgan fingerprint density at radius 3 is 2.62 bits per heavy atom. The van der Waals surface area contributed by atoms with Gasteiger partial charge in [-0.25, -0.2) is 4.79 Å².